The molecule has 100 valence electrons. The van der Waals surface area contributed by atoms with Crippen molar-refractivity contribution in [3.63, 3.8) is 0 Å². The number of aromatic amines is 1. The standard InChI is InChI=1S/C15H19N3O/c1-10-12(11-5-3-4-6-13(11)17-10)9-18(2)14(19)15(16)7-8-15/h3-6,17H,7-9,16H2,1-2H3. The Morgan fingerprint density at radius 2 is 2.11 bits per heavy atom. The molecule has 3 N–H and O–H groups in total. The first kappa shape index (κ1) is 12.2. The number of amides is 1. The molecule has 4 nitrogen and oxygen atoms in total. The van der Waals surface area contributed by atoms with Gasteiger partial charge in [0.2, 0.25) is 5.91 Å². The van der Waals surface area contributed by atoms with Crippen LogP contribution in [0.4, 0.5) is 0 Å². The van der Waals surface area contributed by atoms with E-state index >= 15 is 0 Å². The molecular formula is C15H19N3O. The molecule has 1 heterocycles. The minimum atomic E-state index is -0.589. The summed E-state index contributed by atoms with van der Waals surface area (Å²) in [5.74, 6) is 0.0529. The highest BCUT2D eigenvalue weighted by Crippen LogP contribution is 2.34. The van der Waals surface area contributed by atoms with Crippen LogP contribution in [0.1, 0.15) is 24.1 Å². The molecule has 0 spiro atoms. The molecule has 1 aromatic heterocycles. The molecule has 4 heteroatoms. The van der Waals surface area contributed by atoms with E-state index in [1.54, 1.807) is 4.90 Å². The van der Waals surface area contributed by atoms with Crippen molar-refractivity contribution >= 4 is 16.8 Å². The smallest absolute Gasteiger partial charge is 0.242 e. The molecule has 0 saturated heterocycles. The van der Waals surface area contributed by atoms with Crippen LogP contribution in [0.3, 0.4) is 0 Å². The van der Waals surface area contributed by atoms with E-state index in [2.05, 4.69) is 17.1 Å². The molecule has 3 rings (SSSR count). The lowest BCUT2D eigenvalue weighted by molar-refractivity contribution is -0.132. The molecule has 0 unspecified atom stereocenters. The number of H-pyrrole nitrogens is 1. The SMILES string of the molecule is Cc1[nH]c2ccccc2c1CN(C)C(=O)C1(N)CC1. The van der Waals surface area contributed by atoms with E-state index < -0.39 is 5.54 Å². The highest BCUT2D eigenvalue weighted by atomic mass is 16.2. The van der Waals surface area contributed by atoms with E-state index in [9.17, 15) is 4.79 Å². The summed E-state index contributed by atoms with van der Waals surface area (Å²) < 4.78 is 0. The molecule has 0 bridgehead atoms. The fraction of sp³-hybridized carbons (Fsp3) is 0.400. The lowest BCUT2D eigenvalue weighted by atomic mass is 10.1. The fourth-order valence-corrected chi connectivity index (χ4v) is 2.58. The largest absolute Gasteiger partial charge is 0.358 e. The molecule has 0 atom stereocenters. The minimum Gasteiger partial charge on any atom is -0.358 e. The maximum Gasteiger partial charge on any atom is 0.242 e. The van der Waals surface area contributed by atoms with Crippen LogP contribution in [0.5, 0.6) is 0 Å². The van der Waals surface area contributed by atoms with Gasteiger partial charge < -0.3 is 15.6 Å². The van der Waals surface area contributed by atoms with Gasteiger partial charge in [-0.05, 0) is 31.4 Å². The van der Waals surface area contributed by atoms with Gasteiger partial charge in [0.1, 0.15) is 0 Å². The van der Waals surface area contributed by atoms with Gasteiger partial charge in [0.25, 0.3) is 0 Å². The lowest BCUT2D eigenvalue weighted by Crippen LogP contribution is -2.43. The molecule has 0 radical (unpaired) electrons. The van der Waals surface area contributed by atoms with Gasteiger partial charge in [-0.3, -0.25) is 4.79 Å². The summed E-state index contributed by atoms with van der Waals surface area (Å²) in [6, 6.07) is 8.17. The predicted octanol–water partition coefficient (Wildman–Crippen LogP) is 1.93. The summed E-state index contributed by atoms with van der Waals surface area (Å²) in [5.41, 5.74) is 8.79. The van der Waals surface area contributed by atoms with Crippen LogP contribution in [0.25, 0.3) is 10.9 Å². The zero-order chi connectivity index (χ0) is 13.6. The number of benzene rings is 1. The third kappa shape index (κ3) is 2.02. The summed E-state index contributed by atoms with van der Waals surface area (Å²) in [5, 5.41) is 1.18. The van der Waals surface area contributed by atoms with Gasteiger partial charge >= 0.3 is 0 Å². The second-order valence-corrected chi connectivity index (χ2v) is 5.59. The summed E-state index contributed by atoms with van der Waals surface area (Å²) in [4.78, 5) is 17.3. The number of carbonyl (C=O) groups is 1. The van der Waals surface area contributed by atoms with Gasteiger partial charge in [-0.15, -0.1) is 0 Å². The molecule has 1 fully saturated rings. The number of hydrogen-bond donors (Lipinski definition) is 2. The number of fused-ring (bicyclic) bond motifs is 1. The maximum absolute atomic E-state index is 12.2. The van der Waals surface area contributed by atoms with Gasteiger partial charge in [0, 0.05) is 30.2 Å². The Kier molecular flexibility index (Phi) is 2.64. The lowest BCUT2D eigenvalue weighted by Gasteiger charge is -2.21. The molecule has 19 heavy (non-hydrogen) atoms. The second kappa shape index (κ2) is 4.10. The normalized spacial score (nSPS) is 16.6. The first-order valence-electron chi connectivity index (χ1n) is 6.62. The zero-order valence-electron chi connectivity index (χ0n) is 11.4. The number of nitrogens with one attached hydrogen (secondary N) is 1. The monoisotopic (exact) mass is 257 g/mol. The summed E-state index contributed by atoms with van der Waals surface area (Å²) >= 11 is 0. The van der Waals surface area contributed by atoms with Gasteiger partial charge in [-0.1, -0.05) is 18.2 Å². The van der Waals surface area contributed by atoms with Gasteiger partial charge in [0.15, 0.2) is 0 Å². The Balaban J connectivity index is 1.89. The number of aromatic nitrogens is 1. The Hall–Kier alpha value is -1.81. The van der Waals surface area contributed by atoms with Crippen LogP contribution < -0.4 is 5.73 Å². The summed E-state index contributed by atoms with van der Waals surface area (Å²) in [6.45, 7) is 2.65. The first-order chi connectivity index (χ1) is 9.01. The number of rotatable bonds is 3. The fourth-order valence-electron chi connectivity index (χ4n) is 2.58. The van der Waals surface area contributed by atoms with E-state index in [1.807, 2.05) is 26.1 Å². The van der Waals surface area contributed by atoms with Crippen molar-refractivity contribution in [2.24, 2.45) is 5.73 Å². The van der Waals surface area contributed by atoms with Crippen molar-refractivity contribution in [2.45, 2.75) is 31.8 Å². The number of carbonyl (C=O) groups excluding carboxylic acids is 1. The number of para-hydroxylation sites is 1. The molecule has 1 amide bonds. The molecule has 1 saturated carbocycles. The van der Waals surface area contributed by atoms with Crippen LogP contribution in [-0.4, -0.2) is 28.4 Å². The zero-order valence-corrected chi connectivity index (χ0v) is 11.4. The molecule has 0 aliphatic heterocycles. The summed E-state index contributed by atoms with van der Waals surface area (Å²) in [7, 11) is 1.83. The second-order valence-electron chi connectivity index (χ2n) is 5.59. The Labute approximate surface area is 112 Å². The van der Waals surface area contributed by atoms with E-state index in [-0.39, 0.29) is 5.91 Å². The van der Waals surface area contributed by atoms with Crippen LogP contribution in [0.2, 0.25) is 0 Å². The number of hydrogen-bond acceptors (Lipinski definition) is 2. The van der Waals surface area contributed by atoms with Crippen LogP contribution in [-0.2, 0) is 11.3 Å². The number of aryl methyl sites for hydroxylation is 1. The van der Waals surface area contributed by atoms with Gasteiger partial charge in [-0.25, -0.2) is 0 Å². The third-order valence-electron chi connectivity index (χ3n) is 3.98. The van der Waals surface area contributed by atoms with Crippen molar-refractivity contribution in [1.82, 2.24) is 9.88 Å². The minimum absolute atomic E-state index is 0.0529. The highest BCUT2D eigenvalue weighted by Gasteiger charge is 2.47. The Morgan fingerprint density at radius 3 is 2.79 bits per heavy atom. The summed E-state index contributed by atoms with van der Waals surface area (Å²) in [6.07, 6.45) is 1.62. The van der Waals surface area contributed by atoms with Crippen LogP contribution in [0.15, 0.2) is 24.3 Å². The predicted molar refractivity (Wildman–Crippen MR) is 75.7 cm³/mol. The number of nitrogens with zero attached hydrogens (tertiary/aromatic N) is 1. The molecule has 1 aliphatic carbocycles. The quantitative estimate of drug-likeness (QED) is 0.882. The molecule has 1 aromatic carbocycles. The van der Waals surface area contributed by atoms with Crippen molar-refractivity contribution < 1.29 is 4.79 Å². The van der Waals surface area contributed by atoms with E-state index in [0.29, 0.717) is 6.54 Å². The van der Waals surface area contributed by atoms with E-state index in [0.717, 1.165) is 24.1 Å². The average Bonchev–Trinajstić information content (AvgIpc) is 3.07. The molecule has 1 aliphatic rings. The molecular weight excluding hydrogens is 238 g/mol. The van der Waals surface area contributed by atoms with Gasteiger partial charge in [-0.2, -0.15) is 0 Å². The van der Waals surface area contributed by atoms with E-state index in [4.69, 9.17) is 5.73 Å². The number of likely N-dealkylation sites (N-methyl/N-ethyl adjacent to an activating group) is 1. The van der Waals surface area contributed by atoms with E-state index in [1.165, 1.54) is 10.9 Å². The van der Waals surface area contributed by atoms with Crippen molar-refractivity contribution in [2.75, 3.05) is 7.05 Å². The third-order valence-corrected chi connectivity index (χ3v) is 3.98. The van der Waals surface area contributed by atoms with Crippen molar-refractivity contribution in [3.05, 3.63) is 35.5 Å². The highest BCUT2D eigenvalue weighted by molar-refractivity contribution is 5.90. The topological polar surface area (TPSA) is 62.1 Å². The van der Waals surface area contributed by atoms with Gasteiger partial charge in [0.05, 0.1) is 5.54 Å². The number of nitrogens with two attached hydrogens (primary N) is 1. The Bertz CT molecular complexity index is 640. The van der Waals surface area contributed by atoms with Crippen molar-refractivity contribution in [1.29, 1.82) is 0 Å². The molecule has 2 aromatic rings. The maximum atomic E-state index is 12.2. The van der Waals surface area contributed by atoms with Crippen molar-refractivity contribution in [3.8, 4) is 0 Å². The average molecular weight is 257 g/mol. The Morgan fingerprint density at radius 1 is 1.42 bits per heavy atom. The van der Waals surface area contributed by atoms with Crippen LogP contribution in [0, 0.1) is 6.92 Å². The van der Waals surface area contributed by atoms with Crippen LogP contribution >= 0.6 is 0 Å². The first-order valence-corrected chi connectivity index (χ1v) is 6.62.